The zero-order chi connectivity index (χ0) is 13.5. The van der Waals surface area contributed by atoms with E-state index in [1.165, 1.54) is 70.6 Å². The molecule has 1 atom stereocenters. The minimum atomic E-state index is 0.216. The average molecular weight is 257 g/mol. The molecule has 0 aromatic rings. The summed E-state index contributed by atoms with van der Waals surface area (Å²) in [6.07, 6.45) is 17.0. The lowest BCUT2D eigenvalue weighted by Gasteiger charge is -2.09. The van der Waals surface area contributed by atoms with Gasteiger partial charge in [-0.3, -0.25) is 0 Å². The number of hydrogen-bond donors (Lipinski definition) is 2. The molecule has 18 heavy (non-hydrogen) atoms. The van der Waals surface area contributed by atoms with Crippen LogP contribution in [0.5, 0.6) is 0 Å². The minimum absolute atomic E-state index is 0.216. The topological polar surface area (TPSA) is 46.2 Å². The number of aliphatic hydroxyl groups is 1. The van der Waals surface area contributed by atoms with E-state index in [4.69, 9.17) is 10.8 Å². The largest absolute Gasteiger partial charge is 0.396 e. The Morgan fingerprint density at radius 2 is 1.17 bits per heavy atom. The van der Waals surface area contributed by atoms with Gasteiger partial charge in [-0.1, -0.05) is 77.6 Å². The molecular weight excluding hydrogens is 222 g/mol. The van der Waals surface area contributed by atoms with Crippen molar-refractivity contribution in [2.24, 2.45) is 5.73 Å². The second kappa shape index (κ2) is 15.0. The van der Waals surface area contributed by atoms with E-state index >= 15 is 0 Å². The molecule has 0 bridgehead atoms. The Kier molecular flexibility index (Phi) is 14.9. The summed E-state index contributed by atoms with van der Waals surface area (Å²) in [6.45, 7) is 2.51. The summed E-state index contributed by atoms with van der Waals surface area (Å²) in [4.78, 5) is 0. The van der Waals surface area contributed by atoms with Crippen molar-refractivity contribution in [2.45, 2.75) is 96.4 Å². The molecule has 0 aliphatic rings. The van der Waals surface area contributed by atoms with Gasteiger partial charge < -0.3 is 10.8 Å². The molecule has 3 N–H and O–H groups in total. The molecule has 110 valence electrons. The van der Waals surface area contributed by atoms with Crippen molar-refractivity contribution in [2.75, 3.05) is 6.61 Å². The van der Waals surface area contributed by atoms with Gasteiger partial charge in [0.2, 0.25) is 0 Å². The van der Waals surface area contributed by atoms with E-state index in [0.717, 1.165) is 12.8 Å². The predicted octanol–water partition coefficient (Wildman–Crippen LogP) is 4.40. The highest BCUT2D eigenvalue weighted by Crippen LogP contribution is 2.12. The van der Waals surface area contributed by atoms with Crippen LogP contribution in [0.2, 0.25) is 0 Å². The Morgan fingerprint density at radius 1 is 0.722 bits per heavy atom. The fourth-order valence-electron chi connectivity index (χ4n) is 2.38. The van der Waals surface area contributed by atoms with E-state index in [1.807, 2.05) is 0 Å². The second-order valence-electron chi connectivity index (χ2n) is 5.60. The van der Waals surface area contributed by atoms with E-state index in [0.29, 0.717) is 0 Å². The van der Waals surface area contributed by atoms with Crippen LogP contribution < -0.4 is 5.73 Å². The first-order chi connectivity index (χ1) is 8.81. The van der Waals surface area contributed by atoms with Gasteiger partial charge in [0.05, 0.1) is 0 Å². The minimum Gasteiger partial charge on any atom is -0.396 e. The maximum Gasteiger partial charge on any atom is 0.0445 e. The summed E-state index contributed by atoms with van der Waals surface area (Å²) in [5, 5.41) is 8.73. The lowest BCUT2D eigenvalue weighted by atomic mass is 10.0. The van der Waals surface area contributed by atoms with Crippen LogP contribution in [-0.2, 0) is 0 Å². The van der Waals surface area contributed by atoms with E-state index in [9.17, 15) is 0 Å². The molecule has 0 aromatic carbocycles. The van der Waals surface area contributed by atoms with Gasteiger partial charge in [-0.25, -0.2) is 0 Å². The Morgan fingerprint density at radius 3 is 1.61 bits per heavy atom. The van der Waals surface area contributed by atoms with Crippen LogP contribution in [0.4, 0.5) is 0 Å². The van der Waals surface area contributed by atoms with Crippen LogP contribution in [0, 0.1) is 0 Å². The zero-order valence-electron chi connectivity index (χ0n) is 12.5. The summed E-state index contributed by atoms with van der Waals surface area (Å²) < 4.78 is 0. The highest BCUT2D eigenvalue weighted by Gasteiger charge is 2.00. The Balaban J connectivity index is 2.98. The average Bonchev–Trinajstić information content (AvgIpc) is 2.36. The number of unbranched alkanes of at least 4 members (excludes halogenated alkanes) is 10. The van der Waals surface area contributed by atoms with Crippen molar-refractivity contribution in [3.05, 3.63) is 0 Å². The molecule has 2 nitrogen and oxygen atoms in total. The molecule has 0 aliphatic heterocycles. The quantitative estimate of drug-likeness (QED) is 0.453. The standard InChI is InChI=1S/C16H35NO/c1-2-3-4-5-6-7-8-9-10-11-12-13-16(17)14-15-18/h16,18H,2-15,17H2,1H3. The van der Waals surface area contributed by atoms with E-state index in [1.54, 1.807) is 0 Å². The fourth-order valence-corrected chi connectivity index (χ4v) is 2.38. The van der Waals surface area contributed by atoms with Gasteiger partial charge in [0, 0.05) is 12.6 Å². The van der Waals surface area contributed by atoms with Gasteiger partial charge in [0.15, 0.2) is 0 Å². The number of hydrogen-bond acceptors (Lipinski definition) is 2. The van der Waals surface area contributed by atoms with Gasteiger partial charge in [-0.2, -0.15) is 0 Å². The third-order valence-corrected chi connectivity index (χ3v) is 3.68. The van der Waals surface area contributed by atoms with Crippen molar-refractivity contribution in [3.8, 4) is 0 Å². The van der Waals surface area contributed by atoms with Crippen LogP contribution >= 0.6 is 0 Å². The summed E-state index contributed by atoms with van der Waals surface area (Å²) in [5.41, 5.74) is 5.84. The van der Waals surface area contributed by atoms with Crippen molar-refractivity contribution >= 4 is 0 Å². The monoisotopic (exact) mass is 257 g/mol. The van der Waals surface area contributed by atoms with Crippen LogP contribution in [0.1, 0.15) is 90.4 Å². The molecule has 0 radical (unpaired) electrons. The molecule has 1 unspecified atom stereocenters. The van der Waals surface area contributed by atoms with Crippen molar-refractivity contribution in [1.29, 1.82) is 0 Å². The van der Waals surface area contributed by atoms with E-state index in [2.05, 4.69) is 6.92 Å². The van der Waals surface area contributed by atoms with Gasteiger partial charge in [0.25, 0.3) is 0 Å². The highest BCUT2D eigenvalue weighted by molar-refractivity contribution is 4.60. The van der Waals surface area contributed by atoms with Crippen LogP contribution in [0.25, 0.3) is 0 Å². The highest BCUT2D eigenvalue weighted by atomic mass is 16.3. The molecular formula is C16H35NO. The zero-order valence-corrected chi connectivity index (χ0v) is 12.5. The van der Waals surface area contributed by atoms with Gasteiger partial charge >= 0.3 is 0 Å². The fraction of sp³-hybridized carbons (Fsp3) is 1.00. The van der Waals surface area contributed by atoms with E-state index in [-0.39, 0.29) is 12.6 Å². The summed E-state index contributed by atoms with van der Waals surface area (Å²) in [5.74, 6) is 0. The summed E-state index contributed by atoms with van der Waals surface area (Å²) in [6, 6.07) is 0.216. The molecule has 0 aliphatic carbocycles. The molecule has 0 amide bonds. The second-order valence-corrected chi connectivity index (χ2v) is 5.60. The van der Waals surface area contributed by atoms with Gasteiger partial charge in [-0.05, 0) is 12.8 Å². The Hall–Kier alpha value is -0.0800. The lowest BCUT2D eigenvalue weighted by Crippen LogP contribution is -2.20. The summed E-state index contributed by atoms with van der Waals surface area (Å²) in [7, 11) is 0. The molecule has 0 saturated carbocycles. The van der Waals surface area contributed by atoms with Crippen molar-refractivity contribution in [1.82, 2.24) is 0 Å². The van der Waals surface area contributed by atoms with Gasteiger partial charge in [-0.15, -0.1) is 0 Å². The van der Waals surface area contributed by atoms with Crippen LogP contribution in [-0.4, -0.2) is 17.8 Å². The van der Waals surface area contributed by atoms with E-state index < -0.39 is 0 Å². The molecule has 0 fully saturated rings. The maximum absolute atomic E-state index is 8.73. The predicted molar refractivity (Wildman–Crippen MR) is 80.8 cm³/mol. The lowest BCUT2D eigenvalue weighted by molar-refractivity contribution is 0.271. The first kappa shape index (κ1) is 17.9. The number of aliphatic hydroxyl groups excluding tert-OH is 1. The van der Waals surface area contributed by atoms with Crippen LogP contribution in [0.3, 0.4) is 0 Å². The Bertz CT molecular complexity index is 150. The molecule has 2 heteroatoms. The SMILES string of the molecule is CCCCCCCCCCCCCC(N)CCO. The molecule has 0 aromatic heterocycles. The van der Waals surface area contributed by atoms with Crippen molar-refractivity contribution in [3.63, 3.8) is 0 Å². The van der Waals surface area contributed by atoms with Crippen LogP contribution in [0.15, 0.2) is 0 Å². The molecule has 0 spiro atoms. The number of nitrogens with two attached hydrogens (primary N) is 1. The molecule has 0 heterocycles. The van der Waals surface area contributed by atoms with Gasteiger partial charge in [0.1, 0.15) is 0 Å². The summed E-state index contributed by atoms with van der Waals surface area (Å²) >= 11 is 0. The molecule has 0 rings (SSSR count). The Labute approximate surface area is 114 Å². The maximum atomic E-state index is 8.73. The first-order valence-electron chi connectivity index (χ1n) is 8.17. The first-order valence-corrected chi connectivity index (χ1v) is 8.17. The number of rotatable bonds is 14. The third-order valence-electron chi connectivity index (χ3n) is 3.68. The third kappa shape index (κ3) is 14.0. The molecule has 0 saturated heterocycles. The smallest absolute Gasteiger partial charge is 0.0445 e. The van der Waals surface area contributed by atoms with Crippen molar-refractivity contribution < 1.29 is 5.11 Å². The normalized spacial score (nSPS) is 12.8.